The van der Waals surface area contributed by atoms with Crippen molar-refractivity contribution in [1.29, 1.82) is 0 Å². The minimum atomic E-state index is -0.794. The molecule has 3 N–H and O–H groups in total. The van der Waals surface area contributed by atoms with Crippen molar-refractivity contribution < 1.29 is 14.6 Å². The fourth-order valence-electron chi connectivity index (χ4n) is 2.10. The molecule has 1 aromatic carbocycles. The van der Waals surface area contributed by atoms with Crippen LogP contribution in [0, 0.1) is 5.92 Å². The number of ether oxygens (including phenoxy) is 1. The fraction of sp³-hybridized carbons (Fsp3) is 0.533. The first-order chi connectivity index (χ1) is 9.51. The maximum absolute atomic E-state index is 11.7. The van der Waals surface area contributed by atoms with E-state index in [2.05, 4.69) is 10.6 Å². The molecule has 5 heteroatoms. The lowest BCUT2D eigenvalue weighted by Crippen LogP contribution is -2.45. The van der Waals surface area contributed by atoms with Crippen molar-refractivity contribution >= 4 is 6.03 Å². The number of hydrogen-bond acceptors (Lipinski definition) is 3. The van der Waals surface area contributed by atoms with Gasteiger partial charge in [0.2, 0.25) is 0 Å². The van der Waals surface area contributed by atoms with E-state index in [-0.39, 0.29) is 12.6 Å². The van der Waals surface area contributed by atoms with Gasteiger partial charge in [0.05, 0.1) is 12.7 Å². The first-order valence-corrected chi connectivity index (χ1v) is 6.88. The van der Waals surface area contributed by atoms with Gasteiger partial charge in [0.1, 0.15) is 5.75 Å². The highest BCUT2D eigenvalue weighted by Gasteiger charge is 2.39. The number of rotatable bonds is 6. The lowest BCUT2D eigenvalue weighted by molar-refractivity contribution is 0.0394. The van der Waals surface area contributed by atoms with Crippen molar-refractivity contribution in [3.8, 4) is 5.75 Å². The molecule has 5 nitrogen and oxygen atoms in total. The Kier molecular flexibility index (Phi) is 4.49. The molecule has 0 saturated heterocycles. The molecule has 1 aromatic rings. The van der Waals surface area contributed by atoms with Crippen LogP contribution in [0.15, 0.2) is 24.3 Å². The summed E-state index contributed by atoms with van der Waals surface area (Å²) in [4.78, 5) is 11.7. The summed E-state index contributed by atoms with van der Waals surface area (Å²) in [5.41, 5.74) is 0.201. The number of nitrogens with one attached hydrogen (secondary N) is 2. The Bertz CT molecular complexity index is 453. The standard InChI is InChI=1S/C15H22N2O3/c1-15(19,12-5-6-12)10-17-14(18)16-9-11-3-7-13(20-2)8-4-11/h3-4,7-8,12,19H,5-6,9-10H2,1-2H3,(H2,16,17,18)/t15-/m0/s1. The van der Waals surface area contributed by atoms with Crippen molar-refractivity contribution in [3.63, 3.8) is 0 Å². The molecule has 1 aliphatic carbocycles. The third-order valence-electron chi connectivity index (χ3n) is 3.68. The molecule has 20 heavy (non-hydrogen) atoms. The van der Waals surface area contributed by atoms with Gasteiger partial charge in [0.25, 0.3) is 0 Å². The van der Waals surface area contributed by atoms with Crippen molar-refractivity contribution in [1.82, 2.24) is 10.6 Å². The Morgan fingerprint density at radius 1 is 1.35 bits per heavy atom. The number of urea groups is 1. The van der Waals surface area contributed by atoms with E-state index in [1.165, 1.54) is 0 Å². The van der Waals surface area contributed by atoms with E-state index in [0.29, 0.717) is 12.5 Å². The summed E-state index contributed by atoms with van der Waals surface area (Å²) in [6.07, 6.45) is 2.09. The molecule has 0 aliphatic heterocycles. The summed E-state index contributed by atoms with van der Waals surface area (Å²) in [7, 11) is 1.62. The average molecular weight is 278 g/mol. The predicted molar refractivity (Wildman–Crippen MR) is 76.6 cm³/mol. The number of methoxy groups -OCH3 is 1. The van der Waals surface area contributed by atoms with Gasteiger partial charge in [-0.05, 0) is 43.4 Å². The lowest BCUT2D eigenvalue weighted by Gasteiger charge is -2.23. The molecule has 0 bridgehead atoms. The normalized spacial score (nSPS) is 17.1. The van der Waals surface area contributed by atoms with Gasteiger partial charge in [0.15, 0.2) is 0 Å². The van der Waals surface area contributed by atoms with E-state index in [1.807, 2.05) is 24.3 Å². The van der Waals surface area contributed by atoms with Crippen LogP contribution < -0.4 is 15.4 Å². The summed E-state index contributed by atoms with van der Waals surface area (Å²) in [5.74, 6) is 1.11. The maximum atomic E-state index is 11.7. The predicted octanol–water partition coefficient (Wildman–Crippen LogP) is 1.66. The van der Waals surface area contributed by atoms with Crippen LogP contribution in [0.5, 0.6) is 5.75 Å². The number of carbonyl (C=O) groups excluding carboxylic acids is 1. The number of hydrogen-bond donors (Lipinski definition) is 3. The monoisotopic (exact) mass is 278 g/mol. The van der Waals surface area contributed by atoms with Gasteiger partial charge in [0, 0.05) is 13.1 Å². The zero-order valence-corrected chi connectivity index (χ0v) is 12.0. The minimum absolute atomic E-state index is 0.262. The summed E-state index contributed by atoms with van der Waals surface area (Å²) in [5, 5.41) is 15.6. The van der Waals surface area contributed by atoms with Crippen LogP contribution in [0.4, 0.5) is 4.79 Å². The molecular weight excluding hydrogens is 256 g/mol. The Morgan fingerprint density at radius 3 is 2.55 bits per heavy atom. The molecule has 1 atom stereocenters. The van der Waals surface area contributed by atoms with E-state index >= 15 is 0 Å². The SMILES string of the molecule is COc1ccc(CNC(=O)NC[C@](C)(O)C2CC2)cc1. The molecule has 0 aromatic heterocycles. The second-order valence-corrected chi connectivity index (χ2v) is 5.52. The lowest BCUT2D eigenvalue weighted by atomic mass is 10.0. The van der Waals surface area contributed by atoms with Crippen LogP contribution in [0.3, 0.4) is 0 Å². The zero-order chi connectivity index (χ0) is 14.6. The van der Waals surface area contributed by atoms with Crippen LogP contribution in [-0.4, -0.2) is 30.4 Å². The van der Waals surface area contributed by atoms with E-state index in [0.717, 1.165) is 24.2 Å². The Hall–Kier alpha value is -1.75. The van der Waals surface area contributed by atoms with Crippen LogP contribution in [0.2, 0.25) is 0 Å². The van der Waals surface area contributed by atoms with Crippen molar-refractivity contribution in [2.75, 3.05) is 13.7 Å². The Morgan fingerprint density at radius 2 is 2.00 bits per heavy atom. The Balaban J connectivity index is 1.71. The molecule has 0 spiro atoms. The topological polar surface area (TPSA) is 70.6 Å². The second kappa shape index (κ2) is 6.13. The molecular formula is C15H22N2O3. The van der Waals surface area contributed by atoms with Gasteiger partial charge >= 0.3 is 6.03 Å². The van der Waals surface area contributed by atoms with Gasteiger partial charge in [-0.1, -0.05) is 12.1 Å². The quantitative estimate of drug-likeness (QED) is 0.741. The molecule has 0 heterocycles. The van der Waals surface area contributed by atoms with E-state index in [1.54, 1.807) is 14.0 Å². The summed E-state index contributed by atoms with van der Waals surface area (Å²) in [6.45, 7) is 2.50. The Labute approximate surface area is 119 Å². The zero-order valence-electron chi connectivity index (χ0n) is 12.0. The summed E-state index contributed by atoms with van der Waals surface area (Å²) >= 11 is 0. The molecule has 1 aliphatic rings. The highest BCUT2D eigenvalue weighted by molar-refractivity contribution is 5.73. The molecule has 0 unspecified atom stereocenters. The molecule has 1 saturated carbocycles. The highest BCUT2D eigenvalue weighted by atomic mass is 16.5. The molecule has 0 radical (unpaired) electrons. The van der Waals surface area contributed by atoms with E-state index < -0.39 is 5.60 Å². The van der Waals surface area contributed by atoms with Gasteiger partial charge in [-0.3, -0.25) is 0 Å². The van der Waals surface area contributed by atoms with Crippen LogP contribution in [0.25, 0.3) is 0 Å². The highest BCUT2D eigenvalue weighted by Crippen LogP contribution is 2.38. The van der Waals surface area contributed by atoms with Crippen LogP contribution in [0.1, 0.15) is 25.3 Å². The van der Waals surface area contributed by atoms with Gasteiger partial charge < -0.3 is 20.5 Å². The van der Waals surface area contributed by atoms with Crippen molar-refractivity contribution in [3.05, 3.63) is 29.8 Å². The molecule has 2 amide bonds. The summed E-state index contributed by atoms with van der Waals surface area (Å²) in [6, 6.07) is 7.25. The minimum Gasteiger partial charge on any atom is -0.497 e. The molecule has 1 fully saturated rings. The van der Waals surface area contributed by atoms with Crippen molar-refractivity contribution in [2.24, 2.45) is 5.92 Å². The third-order valence-corrected chi connectivity index (χ3v) is 3.68. The van der Waals surface area contributed by atoms with Gasteiger partial charge in [-0.25, -0.2) is 4.79 Å². The number of aliphatic hydroxyl groups is 1. The smallest absolute Gasteiger partial charge is 0.315 e. The van der Waals surface area contributed by atoms with Crippen molar-refractivity contribution in [2.45, 2.75) is 31.9 Å². The number of amides is 2. The first kappa shape index (κ1) is 14.7. The maximum Gasteiger partial charge on any atom is 0.315 e. The van der Waals surface area contributed by atoms with Gasteiger partial charge in [-0.15, -0.1) is 0 Å². The second-order valence-electron chi connectivity index (χ2n) is 5.52. The molecule has 110 valence electrons. The number of carbonyl (C=O) groups is 1. The van der Waals surface area contributed by atoms with E-state index in [4.69, 9.17) is 4.74 Å². The van der Waals surface area contributed by atoms with Crippen LogP contribution in [-0.2, 0) is 6.54 Å². The van der Waals surface area contributed by atoms with E-state index in [9.17, 15) is 9.90 Å². The number of benzene rings is 1. The summed E-state index contributed by atoms with van der Waals surface area (Å²) < 4.78 is 5.07. The molecule has 2 rings (SSSR count). The first-order valence-electron chi connectivity index (χ1n) is 6.88. The third kappa shape index (κ3) is 4.13. The average Bonchev–Trinajstić information content (AvgIpc) is 3.28. The fourth-order valence-corrected chi connectivity index (χ4v) is 2.10. The van der Waals surface area contributed by atoms with Gasteiger partial charge in [-0.2, -0.15) is 0 Å². The largest absolute Gasteiger partial charge is 0.497 e. The van der Waals surface area contributed by atoms with Crippen LogP contribution >= 0.6 is 0 Å².